The molecule has 3 aliphatic rings. The zero-order valence-electron chi connectivity index (χ0n) is 17.9. The van der Waals surface area contributed by atoms with Crippen LogP contribution in [-0.2, 0) is 23.0 Å². The van der Waals surface area contributed by atoms with Gasteiger partial charge in [0.25, 0.3) is 0 Å². The second kappa shape index (κ2) is 7.44. The molecule has 0 unspecified atom stereocenters. The molecule has 2 fully saturated rings. The Hall–Kier alpha value is -1.85. The highest BCUT2D eigenvalue weighted by atomic mass is 16.5. The third-order valence-corrected chi connectivity index (χ3v) is 7.76. The number of nitrogens with one attached hydrogen (secondary N) is 1. The van der Waals surface area contributed by atoms with Gasteiger partial charge in [-0.25, -0.2) is 0 Å². The number of carbonyl (C=O) groups excluding carboxylic acids is 1. The Morgan fingerprint density at radius 2 is 1.97 bits per heavy atom. The quantitative estimate of drug-likeness (QED) is 0.868. The number of piperidine rings is 1. The molecule has 1 amide bonds. The monoisotopic (exact) mass is 395 g/mol. The van der Waals surface area contributed by atoms with Crippen LogP contribution in [0.3, 0.4) is 0 Å². The predicted octanol–water partition coefficient (Wildman–Crippen LogP) is 3.21. The van der Waals surface area contributed by atoms with Gasteiger partial charge < -0.3 is 19.5 Å². The van der Waals surface area contributed by atoms with E-state index in [0.717, 1.165) is 45.1 Å². The fraction of sp³-hybridized carbons (Fsp3) is 0.625. The van der Waals surface area contributed by atoms with Crippen molar-refractivity contribution in [2.75, 3.05) is 20.7 Å². The fourth-order valence-corrected chi connectivity index (χ4v) is 6.17. The summed E-state index contributed by atoms with van der Waals surface area (Å²) in [5.74, 6) is 0.761. The van der Waals surface area contributed by atoms with E-state index in [9.17, 15) is 4.79 Å². The molecule has 0 bridgehead atoms. The maximum Gasteiger partial charge on any atom is 0.224 e. The molecule has 2 heterocycles. The van der Waals surface area contributed by atoms with E-state index in [1.165, 1.54) is 22.0 Å². The van der Waals surface area contributed by atoms with Gasteiger partial charge in [0.05, 0.1) is 12.0 Å². The molecule has 1 aromatic carbocycles. The molecule has 5 heteroatoms. The van der Waals surface area contributed by atoms with Gasteiger partial charge in [0, 0.05) is 55.8 Å². The highest BCUT2D eigenvalue weighted by molar-refractivity contribution is 5.89. The molecule has 0 radical (unpaired) electrons. The number of methoxy groups -OCH3 is 1. The Morgan fingerprint density at radius 1 is 1.17 bits per heavy atom. The first-order valence-corrected chi connectivity index (χ1v) is 11.2. The van der Waals surface area contributed by atoms with Crippen molar-refractivity contribution in [1.29, 1.82) is 0 Å². The summed E-state index contributed by atoms with van der Waals surface area (Å²) in [6, 6.07) is 7.50. The number of aromatic nitrogens is 1. The van der Waals surface area contributed by atoms with Crippen LogP contribution in [0.15, 0.2) is 24.4 Å². The molecule has 1 N–H and O–H groups in total. The number of benzene rings is 1. The molecule has 2 aliphatic carbocycles. The zero-order chi connectivity index (χ0) is 20.1. The maximum absolute atomic E-state index is 13.2. The minimum atomic E-state index is 0.0712. The van der Waals surface area contributed by atoms with Crippen LogP contribution in [0.25, 0.3) is 10.9 Å². The smallest absolute Gasteiger partial charge is 0.224 e. The van der Waals surface area contributed by atoms with E-state index in [0.29, 0.717) is 24.1 Å². The lowest BCUT2D eigenvalue weighted by Gasteiger charge is -2.45. The molecule has 1 aliphatic heterocycles. The number of hydrogen-bond donors (Lipinski definition) is 1. The molecule has 1 saturated carbocycles. The number of likely N-dealkylation sites (tertiary alicyclic amines) is 1. The number of fused-ring (bicyclic) bond motifs is 2. The number of amides is 1. The first-order valence-electron chi connectivity index (χ1n) is 11.2. The molecule has 156 valence electrons. The van der Waals surface area contributed by atoms with Crippen LogP contribution < -0.4 is 5.32 Å². The summed E-state index contributed by atoms with van der Waals surface area (Å²) in [5.41, 5.74) is 4.23. The van der Waals surface area contributed by atoms with Gasteiger partial charge in [-0.2, -0.15) is 0 Å². The van der Waals surface area contributed by atoms with Gasteiger partial charge in [-0.05, 0) is 62.8 Å². The Labute approximate surface area is 173 Å². The van der Waals surface area contributed by atoms with Gasteiger partial charge in [-0.3, -0.25) is 4.79 Å². The molecule has 1 saturated heterocycles. The Balaban J connectivity index is 1.34. The van der Waals surface area contributed by atoms with Gasteiger partial charge in [-0.15, -0.1) is 0 Å². The molecular weight excluding hydrogens is 362 g/mol. The highest BCUT2D eigenvalue weighted by Gasteiger charge is 2.42. The van der Waals surface area contributed by atoms with Crippen LogP contribution >= 0.6 is 0 Å². The van der Waals surface area contributed by atoms with Crippen molar-refractivity contribution < 1.29 is 9.53 Å². The highest BCUT2D eigenvalue weighted by Crippen LogP contribution is 2.44. The van der Waals surface area contributed by atoms with E-state index < -0.39 is 0 Å². The fourth-order valence-electron chi connectivity index (χ4n) is 6.17. The summed E-state index contributed by atoms with van der Waals surface area (Å²) >= 11 is 0. The van der Waals surface area contributed by atoms with Gasteiger partial charge in [0.15, 0.2) is 0 Å². The number of carbonyl (C=O) groups is 1. The first kappa shape index (κ1) is 19.1. The zero-order valence-corrected chi connectivity index (χ0v) is 17.9. The summed E-state index contributed by atoms with van der Waals surface area (Å²) in [7, 11) is 6.14. The van der Waals surface area contributed by atoms with Crippen LogP contribution in [-0.4, -0.2) is 54.3 Å². The van der Waals surface area contributed by atoms with Gasteiger partial charge in [0.2, 0.25) is 5.91 Å². The molecule has 5 rings (SSSR count). The summed E-state index contributed by atoms with van der Waals surface area (Å²) in [5, 5.41) is 4.81. The molecule has 2 aromatic rings. The van der Waals surface area contributed by atoms with Crippen molar-refractivity contribution in [3.05, 3.63) is 35.5 Å². The van der Waals surface area contributed by atoms with Crippen LogP contribution in [0.1, 0.15) is 49.1 Å². The minimum absolute atomic E-state index is 0.0712. The van der Waals surface area contributed by atoms with Crippen molar-refractivity contribution in [3.8, 4) is 0 Å². The van der Waals surface area contributed by atoms with Crippen LogP contribution in [0.2, 0.25) is 0 Å². The second-order valence-corrected chi connectivity index (χ2v) is 9.47. The normalized spacial score (nSPS) is 32.2. The van der Waals surface area contributed by atoms with E-state index in [1.807, 2.05) is 0 Å². The third kappa shape index (κ3) is 3.28. The van der Waals surface area contributed by atoms with Crippen molar-refractivity contribution >= 4 is 16.8 Å². The summed E-state index contributed by atoms with van der Waals surface area (Å²) in [6.07, 6.45) is 8.88. The van der Waals surface area contributed by atoms with Gasteiger partial charge >= 0.3 is 0 Å². The van der Waals surface area contributed by atoms with Gasteiger partial charge in [-0.1, -0.05) is 12.1 Å². The average molecular weight is 396 g/mol. The Kier molecular flexibility index (Phi) is 4.91. The van der Waals surface area contributed by atoms with Crippen molar-refractivity contribution in [1.82, 2.24) is 14.8 Å². The minimum Gasteiger partial charge on any atom is -0.381 e. The summed E-state index contributed by atoms with van der Waals surface area (Å²) in [4.78, 5) is 15.6. The molecule has 1 aromatic heterocycles. The van der Waals surface area contributed by atoms with Crippen LogP contribution in [0.4, 0.5) is 0 Å². The number of ether oxygens (including phenoxy) is 1. The van der Waals surface area contributed by atoms with Crippen LogP contribution in [0.5, 0.6) is 0 Å². The molecular formula is C24H33N3O2. The van der Waals surface area contributed by atoms with E-state index in [4.69, 9.17) is 4.74 Å². The molecule has 5 nitrogen and oxygen atoms in total. The van der Waals surface area contributed by atoms with E-state index in [-0.39, 0.29) is 11.8 Å². The van der Waals surface area contributed by atoms with Gasteiger partial charge in [0.1, 0.15) is 0 Å². The lowest BCUT2D eigenvalue weighted by Crippen LogP contribution is -2.52. The first-order chi connectivity index (χ1) is 14.0. The number of nitrogens with zero attached hydrogens (tertiary/aromatic N) is 2. The largest absolute Gasteiger partial charge is 0.381 e. The lowest BCUT2D eigenvalue weighted by molar-refractivity contribution is -0.128. The predicted molar refractivity (Wildman–Crippen MR) is 115 cm³/mol. The van der Waals surface area contributed by atoms with E-state index in [2.05, 4.69) is 53.3 Å². The standard InChI is InChI=1S/C24H33N3O2/c1-26-13-15-12-22-20(19-5-4-6-21(26)23(15)19)11-16(14-27(22)2)24(28)25-17-7-9-18(29-3)10-8-17/h4-6,13,16-18,20,22H,7-12,14H2,1-3H3,(H,25,28)/t16-,17?,18?,20+,22-/m1/s1. The number of hydrogen-bond acceptors (Lipinski definition) is 3. The summed E-state index contributed by atoms with van der Waals surface area (Å²) in [6.45, 7) is 0.860. The summed E-state index contributed by atoms with van der Waals surface area (Å²) < 4.78 is 7.73. The van der Waals surface area contributed by atoms with Crippen molar-refractivity contribution in [2.24, 2.45) is 13.0 Å². The van der Waals surface area contributed by atoms with E-state index >= 15 is 0 Å². The number of likely N-dealkylation sites (N-methyl/N-ethyl adjacent to an activating group) is 1. The third-order valence-electron chi connectivity index (χ3n) is 7.76. The molecule has 0 spiro atoms. The Morgan fingerprint density at radius 3 is 2.72 bits per heavy atom. The molecule has 3 atom stereocenters. The SMILES string of the molecule is COC1CCC(NC(=O)[C@@H]2C[C@H]3c4cccc5c4c(cn5C)C[C@H]3N(C)C2)CC1. The average Bonchev–Trinajstić information content (AvgIpc) is 3.06. The Bertz CT molecular complexity index is 912. The van der Waals surface area contributed by atoms with Crippen LogP contribution in [0, 0.1) is 5.92 Å². The van der Waals surface area contributed by atoms with E-state index in [1.54, 1.807) is 7.11 Å². The number of aryl methyl sites for hydroxylation is 1. The topological polar surface area (TPSA) is 46.5 Å². The molecule has 29 heavy (non-hydrogen) atoms. The number of rotatable bonds is 3. The van der Waals surface area contributed by atoms with Crippen molar-refractivity contribution in [2.45, 2.75) is 62.6 Å². The lowest BCUT2D eigenvalue weighted by atomic mass is 9.72. The maximum atomic E-state index is 13.2. The second-order valence-electron chi connectivity index (χ2n) is 9.47. The van der Waals surface area contributed by atoms with Crippen molar-refractivity contribution in [3.63, 3.8) is 0 Å².